The van der Waals surface area contributed by atoms with Gasteiger partial charge in [0.25, 0.3) is 0 Å². The van der Waals surface area contributed by atoms with Crippen LogP contribution in [0.15, 0.2) is 76.7 Å². The Bertz CT molecular complexity index is 1960. The number of rotatable bonds is 14. The minimum absolute atomic E-state index is 0.0102. The maximum absolute atomic E-state index is 13.7. The summed E-state index contributed by atoms with van der Waals surface area (Å²) in [5.74, 6) is -0.654. The van der Waals surface area contributed by atoms with E-state index in [1.54, 1.807) is 72.0 Å². The summed E-state index contributed by atoms with van der Waals surface area (Å²) in [5.41, 5.74) is -0.880. The predicted octanol–water partition coefficient (Wildman–Crippen LogP) is 5.42. The number of aromatic nitrogens is 1. The fourth-order valence-electron chi connectivity index (χ4n) is 4.40. The van der Waals surface area contributed by atoms with Gasteiger partial charge in [-0.05, 0) is 84.4 Å². The van der Waals surface area contributed by atoms with Gasteiger partial charge in [0.1, 0.15) is 32.5 Å². The summed E-state index contributed by atoms with van der Waals surface area (Å²) in [6.45, 7) is 11.2. The van der Waals surface area contributed by atoms with Gasteiger partial charge in [-0.15, -0.1) is 5.06 Å². The van der Waals surface area contributed by atoms with E-state index in [1.165, 1.54) is 50.4 Å². The molecule has 0 aliphatic heterocycles. The van der Waals surface area contributed by atoms with Crippen LogP contribution in [0.5, 0.6) is 11.5 Å². The number of hydroxylamine groups is 2. The van der Waals surface area contributed by atoms with E-state index in [9.17, 15) is 26.4 Å². The highest BCUT2D eigenvalue weighted by molar-refractivity contribution is 7.91. The minimum atomic E-state index is -4.66. The molecule has 0 radical (unpaired) electrons. The number of carbonyl (C=O) groups is 2. The van der Waals surface area contributed by atoms with Crippen LogP contribution in [0.2, 0.25) is 0 Å². The molecule has 0 fully saturated rings. The number of aryl methyl sites for hydroxylation is 1. The highest BCUT2D eigenvalue weighted by Gasteiger charge is 2.33. The van der Waals surface area contributed by atoms with Gasteiger partial charge in [-0.2, -0.15) is 8.42 Å². The number of ether oxygens (including phenoxy) is 3. The summed E-state index contributed by atoms with van der Waals surface area (Å²) < 4.78 is 77.1. The molecule has 0 saturated carbocycles. The Balaban J connectivity index is 1.66. The van der Waals surface area contributed by atoms with Gasteiger partial charge < -0.3 is 18.4 Å². The van der Waals surface area contributed by atoms with Crippen LogP contribution in [0.3, 0.4) is 0 Å². The van der Waals surface area contributed by atoms with Gasteiger partial charge in [-0.1, -0.05) is 24.3 Å². The van der Waals surface area contributed by atoms with Crippen LogP contribution >= 0.6 is 0 Å². The van der Waals surface area contributed by atoms with E-state index in [1.807, 2.05) is 0 Å². The standard InChI is InChI=1S/C35H47N5O11S2/c1-25-14-11-18-29(30(25)52(43,44)39(8)21-19-26-15-9-10-20-37-26)53(45,46)51-28-17-12-16-27(24-28)47-22-13-23-48-40(33(42)50-35(5,6)7)31(36)38-32(41)49-34(2,3)4/h9-12,14-18,20,24H,13,19,21-23H2,1-8H3,(H2,36,38,41). The number of likely N-dealkylation sites (N-methyl/N-ethyl adjacent to an activating group) is 1. The number of pyridine rings is 1. The monoisotopic (exact) mass is 777 g/mol. The van der Waals surface area contributed by atoms with Gasteiger partial charge in [-0.3, -0.25) is 20.5 Å². The lowest BCUT2D eigenvalue weighted by atomic mass is 10.2. The Morgan fingerprint density at radius 3 is 2.17 bits per heavy atom. The SMILES string of the molecule is Cc1cccc(S(=O)(=O)Oc2cccc(OCCCON(C(=N)NC(=O)OC(C)(C)C)C(=O)OC(C)(C)C)c2)c1S(=O)(=O)N(C)CCc1ccccn1. The molecule has 0 bridgehead atoms. The van der Waals surface area contributed by atoms with E-state index in [4.69, 9.17) is 28.6 Å². The van der Waals surface area contributed by atoms with Crippen molar-refractivity contribution in [3.8, 4) is 11.5 Å². The summed E-state index contributed by atoms with van der Waals surface area (Å²) in [5, 5.41) is 10.8. The molecule has 2 N–H and O–H groups in total. The van der Waals surface area contributed by atoms with Gasteiger partial charge in [0.15, 0.2) is 0 Å². The second-order valence-electron chi connectivity index (χ2n) is 13.6. The van der Waals surface area contributed by atoms with Crippen molar-refractivity contribution >= 4 is 38.3 Å². The van der Waals surface area contributed by atoms with Crippen molar-refractivity contribution in [3.05, 3.63) is 78.1 Å². The molecule has 2 aromatic carbocycles. The molecule has 3 aromatic rings. The van der Waals surface area contributed by atoms with Gasteiger partial charge >= 0.3 is 22.3 Å². The first-order valence-corrected chi connectivity index (χ1v) is 19.3. The Hall–Kier alpha value is -4.78. The first kappa shape index (κ1) is 42.6. The summed E-state index contributed by atoms with van der Waals surface area (Å²) in [4.78, 5) is 33.6. The second kappa shape index (κ2) is 17.8. The minimum Gasteiger partial charge on any atom is -0.493 e. The van der Waals surface area contributed by atoms with Crippen LogP contribution < -0.4 is 14.2 Å². The third-order valence-electron chi connectivity index (χ3n) is 6.69. The van der Waals surface area contributed by atoms with Crippen molar-refractivity contribution in [1.29, 1.82) is 5.41 Å². The summed E-state index contributed by atoms with van der Waals surface area (Å²) in [6, 6.07) is 15.1. The number of sulfonamides is 1. The number of hydrogen-bond acceptors (Lipinski definition) is 13. The third-order valence-corrected chi connectivity index (χ3v) is 10.2. The van der Waals surface area contributed by atoms with Crippen molar-refractivity contribution in [3.63, 3.8) is 0 Å². The molecule has 3 rings (SSSR count). The molecule has 0 unspecified atom stereocenters. The van der Waals surface area contributed by atoms with Gasteiger partial charge in [0, 0.05) is 44.4 Å². The van der Waals surface area contributed by atoms with Crippen molar-refractivity contribution in [2.75, 3.05) is 26.8 Å². The molecule has 0 aliphatic rings. The van der Waals surface area contributed by atoms with E-state index in [2.05, 4.69) is 10.3 Å². The molecular formula is C35H47N5O11S2. The maximum atomic E-state index is 13.7. The molecule has 290 valence electrons. The molecule has 53 heavy (non-hydrogen) atoms. The second-order valence-corrected chi connectivity index (χ2v) is 17.1. The summed E-state index contributed by atoms with van der Waals surface area (Å²) >= 11 is 0. The zero-order chi connectivity index (χ0) is 39.6. The lowest BCUT2D eigenvalue weighted by Gasteiger charge is -2.27. The van der Waals surface area contributed by atoms with Crippen LogP contribution in [0, 0.1) is 12.3 Å². The lowest BCUT2D eigenvalue weighted by Crippen LogP contribution is -2.49. The Morgan fingerprint density at radius 2 is 1.53 bits per heavy atom. The van der Waals surface area contributed by atoms with E-state index < -0.39 is 59.3 Å². The maximum Gasteiger partial charge on any atom is 0.442 e. The molecular weight excluding hydrogens is 731 g/mol. The largest absolute Gasteiger partial charge is 0.493 e. The average Bonchev–Trinajstić information content (AvgIpc) is 3.03. The van der Waals surface area contributed by atoms with Crippen LogP contribution in [0.4, 0.5) is 9.59 Å². The predicted molar refractivity (Wildman–Crippen MR) is 194 cm³/mol. The molecule has 0 spiro atoms. The zero-order valence-corrected chi connectivity index (χ0v) is 32.7. The number of benzene rings is 2. The summed E-state index contributed by atoms with van der Waals surface area (Å²) in [7, 11) is -7.56. The topological polar surface area (TPSA) is 204 Å². The summed E-state index contributed by atoms with van der Waals surface area (Å²) in [6.07, 6.45) is 0.0630. The van der Waals surface area contributed by atoms with Crippen molar-refractivity contribution in [2.45, 2.75) is 82.3 Å². The quantitative estimate of drug-likeness (QED) is 0.0693. The Labute approximate surface area is 311 Å². The fourth-order valence-corrected chi connectivity index (χ4v) is 7.54. The molecule has 0 saturated heterocycles. The number of hydrogen-bond donors (Lipinski definition) is 2. The highest BCUT2D eigenvalue weighted by Crippen LogP contribution is 2.30. The number of guanidine groups is 1. The van der Waals surface area contributed by atoms with Crippen LogP contribution in [0.1, 0.15) is 59.2 Å². The molecule has 2 amide bonds. The molecule has 1 aromatic heterocycles. The zero-order valence-electron chi connectivity index (χ0n) is 31.0. The van der Waals surface area contributed by atoms with Gasteiger partial charge in [0.05, 0.1) is 13.2 Å². The molecule has 16 nitrogen and oxygen atoms in total. The van der Waals surface area contributed by atoms with Crippen LogP contribution in [-0.4, -0.2) is 87.3 Å². The number of amides is 2. The van der Waals surface area contributed by atoms with Crippen LogP contribution in [-0.2, 0) is 40.9 Å². The number of nitrogens with zero attached hydrogens (tertiary/aromatic N) is 3. The van der Waals surface area contributed by atoms with E-state index in [0.29, 0.717) is 17.2 Å². The van der Waals surface area contributed by atoms with Crippen LogP contribution in [0.25, 0.3) is 0 Å². The smallest absolute Gasteiger partial charge is 0.442 e. The first-order valence-electron chi connectivity index (χ1n) is 16.5. The molecule has 0 aliphatic carbocycles. The number of nitrogens with one attached hydrogen (secondary N) is 2. The molecule has 0 atom stereocenters. The van der Waals surface area contributed by atoms with E-state index in [0.717, 1.165) is 4.31 Å². The van der Waals surface area contributed by atoms with Crippen molar-refractivity contribution in [1.82, 2.24) is 19.7 Å². The lowest BCUT2D eigenvalue weighted by molar-refractivity contribution is -0.104. The van der Waals surface area contributed by atoms with Crippen molar-refractivity contribution < 1.29 is 49.7 Å². The van der Waals surface area contributed by atoms with Crippen molar-refractivity contribution in [2.24, 2.45) is 0 Å². The Morgan fingerprint density at radius 1 is 0.868 bits per heavy atom. The third kappa shape index (κ3) is 13.3. The molecule has 1 heterocycles. The average molecular weight is 778 g/mol. The van der Waals surface area contributed by atoms with Gasteiger partial charge in [-0.25, -0.2) is 22.3 Å². The fraction of sp³-hybridized carbons (Fsp3) is 0.429. The highest BCUT2D eigenvalue weighted by atomic mass is 32.2. The normalized spacial score (nSPS) is 12.2. The number of alkyl carbamates (subject to hydrolysis) is 1. The first-order chi connectivity index (χ1) is 24.6. The van der Waals surface area contributed by atoms with E-state index >= 15 is 0 Å². The Kier molecular flexibility index (Phi) is 14.3. The van der Waals surface area contributed by atoms with Gasteiger partial charge in [0.2, 0.25) is 16.0 Å². The number of carbonyl (C=O) groups excluding carboxylic acids is 2. The molecule has 18 heteroatoms. The van der Waals surface area contributed by atoms with E-state index in [-0.39, 0.29) is 43.2 Å².